The molecule has 0 bridgehead atoms. The quantitative estimate of drug-likeness (QED) is 0.661. The van der Waals surface area contributed by atoms with Gasteiger partial charge in [0.15, 0.2) is 5.78 Å². The number of fused-ring (bicyclic) bond motifs is 1. The summed E-state index contributed by atoms with van der Waals surface area (Å²) in [5, 5.41) is 8.01. The third-order valence-electron chi connectivity index (χ3n) is 6.31. The maximum absolute atomic E-state index is 13.4. The molecule has 0 radical (unpaired) electrons. The Morgan fingerprint density at radius 2 is 1.94 bits per heavy atom. The summed E-state index contributed by atoms with van der Waals surface area (Å²) in [6, 6.07) is 12.0. The summed E-state index contributed by atoms with van der Waals surface area (Å²) < 4.78 is 7.46. The molecule has 0 amide bonds. The molecule has 1 aliphatic heterocycles. The predicted molar refractivity (Wildman–Crippen MR) is 119 cm³/mol. The zero-order valence-corrected chi connectivity index (χ0v) is 18.1. The third-order valence-corrected chi connectivity index (χ3v) is 6.31. The molecule has 1 aliphatic carbocycles. The first-order valence-electron chi connectivity index (χ1n) is 10.9. The molecule has 7 nitrogen and oxygen atoms in total. The Labute approximate surface area is 181 Å². The largest absolute Gasteiger partial charge is 0.469 e. The molecule has 3 aromatic rings. The summed E-state index contributed by atoms with van der Waals surface area (Å²) in [4.78, 5) is 20.3. The highest BCUT2D eigenvalue weighted by molar-refractivity contribution is 6.00. The van der Waals surface area contributed by atoms with Crippen molar-refractivity contribution < 1.29 is 9.21 Å². The second-order valence-electron chi connectivity index (χ2n) is 8.15. The molecule has 2 aromatic heterocycles. The van der Waals surface area contributed by atoms with Crippen molar-refractivity contribution in [3.63, 3.8) is 0 Å². The van der Waals surface area contributed by atoms with Crippen molar-refractivity contribution in [3.8, 4) is 0 Å². The lowest BCUT2D eigenvalue weighted by Gasteiger charge is -2.34. The minimum absolute atomic E-state index is 0.0370. The first-order chi connectivity index (χ1) is 15.1. The number of aryl methyl sites for hydroxylation is 1. The second kappa shape index (κ2) is 7.72. The van der Waals surface area contributed by atoms with E-state index in [0.717, 1.165) is 35.7 Å². The van der Waals surface area contributed by atoms with Gasteiger partial charge in [0.25, 0.3) is 0 Å². The smallest absolute Gasteiger partial charge is 0.226 e. The Bertz CT molecular complexity index is 1120. The maximum Gasteiger partial charge on any atom is 0.226 e. The van der Waals surface area contributed by atoms with E-state index in [1.807, 2.05) is 23.7 Å². The van der Waals surface area contributed by atoms with Gasteiger partial charge in [-0.2, -0.15) is 10.1 Å². The van der Waals surface area contributed by atoms with E-state index in [1.165, 1.54) is 5.69 Å². The fraction of sp³-hybridized carbons (Fsp3) is 0.375. The molecule has 2 aliphatic rings. The van der Waals surface area contributed by atoms with Crippen molar-refractivity contribution in [2.75, 3.05) is 23.3 Å². The summed E-state index contributed by atoms with van der Waals surface area (Å²) in [6.45, 7) is 8.10. The predicted octanol–water partition coefficient (Wildman–Crippen LogP) is 4.44. The van der Waals surface area contributed by atoms with Crippen LogP contribution in [0.25, 0.3) is 0 Å². The van der Waals surface area contributed by atoms with Gasteiger partial charge < -0.3 is 14.6 Å². The number of benzene rings is 1. The minimum atomic E-state index is -0.275. The first kappa shape index (κ1) is 19.6. The molecule has 5 rings (SSSR count). The lowest BCUT2D eigenvalue weighted by Crippen LogP contribution is -2.33. The van der Waals surface area contributed by atoms with E-state index in [1.54, 1.807) is 6.26 Å². The fourth-order valence-corrected chi connectivity index (χ4v) is 4.81. The number of nitrogens with zero attached hydrogens (tertiary/aromatic N) is 4. The zero-order valence-electron chi connectivity index (χ0n) is 18.1. The number of aromatic nitrogens is 3. The number of nitrogens with one attached hydrogen (secondary N) is 1. The first-order valence-corrected chi connectivity index (χ1v) is 10.9. The van der Waals surface area contributed by atoms with Crippen LogP contribution in [0.1, 0.15) is 55.8 Å². The lowest BCUT2D eigenvalue weighted by molar-refractivity contribution is -0.117. The Kier molecular flexibility index (Phi) is 4.88. The van der Waals surface area contributed by atoms with E-state index in [-0.39, 0.29) is 17.7 Å². The van der Waals surface area contributed by atoms with Crippen LogP contribution in [0.3, 0.4) is 0 Å². The van der Waals surface area contributed by atoms with Crippen molar-refractivity contribution in [3.05, 3.63) is 71.1 Å². The van der Waals surface area contributed by atoms with Crippen LogP contribution >= 0.6 is 0 Å². The highest BCUT2D eigenvalue weighted by Gasteiger charge is 2.40. The van der Waals surface area contributed by atoms with Gasteiger partial charge in [-0.05, 0) is 57.0 Å². The highest BCUT2D eigenvalue weighted by Crippen LogP contribution is 2.44. The van der Waals surface area contributed by atoms with Gasteiger partial charge in [0, 0.05) is 42.4 Å². The summed E-state index contributed by atoms with van der Waals surface area (Å²) in [7, 11) is 0. The fourth-order valence-electron chi connectivity index (χ4n) is 4.81. The Hall–Kier alpha value is -3.35. The summed E-state index contributed by atoms with van der Waals surface area (Å²) in [6.07, 6.45) is 2.82. The number of hydrogen-bond acceptors (Lipinski definition) is 6. The molecule has 2 atom stereocenters. The normalized spacial score (nSPS) is 20.3. The summed E-state index contributed by atoms with van der Waals surface area (Å²) >= 11 is 0. The number of rotatable bonds is 5. The number of furan rings is 1. The molecule has 3 heterocycles. The van der Waals surface area contributed by atoms with Crippen molar-refractivity contribution in [1.82, 2.24) is 14.8 Å². The molecular formula is C24H27N5O2. The van der Waals surface area contributed by atoms with E-state index >= 15 is 0 Å². The van der Waals surface area contributed by atoms with E-state index in [9.17, 15) is 4.79 Å². The molecule has 7 heteroatoms. The molecule has 1 aromatic carbocycles. The van der Waals surface area contributed by atoms with Gasteiger partial charge in [0.2, 0.25) is 5.95 Å². The SMILES string of the molecule is CCN(CC)c1ccc(C2C3=C(CC(c4ccco4)CC3=O)Nc3nc(C)nn32)cc1. The number of hydrogen-bond donors (Lipinski definition) is 1. The molecule has 2 unspecified atom stereocenters. The number of ketones is 1. The van der Waals surface area contributed by atoms with Gasteiger partial charge in [-0.25, -0.2) is 4.68 Å². The van der Waals surface area contributed by atoms with Crippen LogP contribution < -0.4 is 10.2 Å². The standard InChI is InChI=1S/C24H27N5O2/c1-4-28(5-2)18-10-8-16(9-11-18)23-22-19(26-24-25-15(3)27-29(23)24)13-17(14-20(22)30)21-7-6-12-31-21/h6-12,17,23H,4-5,13-14H2,1-3H3,(H,25,26,27). The van der Waals surface area contributed by atoms with Gasteiger partial charge >= 0.3 is 0 Å². The Morgan fingerprint density at radius 3 is 2.61 bits per heavy atom. The van der Waals surface area contributed by atoms with Crippen molar-refractivity contribution in [1.29, 1.82) is 0 Å². The minimum Gasteiger partial charge on any atom is -0.469 e. The molecule has 1 N–H and O–H groups in total. The van der Waals surface area contributed by atoms with Crippen molar-refractivity contribution in [2.24, 2.45) is 0 Å². The van der Waals surface area contributed by atoms with E-state index in [4.69, 9.17) is 4.42 Å². The lowest BCUT2D eigenvalue weighted by atomic mass is 9.79. The van der Waals surface area contributed by atoms with Gasteiger partial charge in [-0.1, -0.05) is 12.1 Å². The molecular weight excluding hydrogens is 390 g/mol. The van der Waals surface area contributed by atoms with Crippen molar-refractivity contribution in [2.45, 2.75) is 45.6 Å². The van der Waals surface area contributed by atoms with Crippen LogP contribution in [-0.2, 0) is 4.79 Å². The highest BCUT2D eigenvalue weighted by atomic mass is 16.3. The van der Waals surface area contributed by atoms with E-state index < -0.39 is 0 Å². The van der Waals surface area contributed by atoms with Crippen LogP contribution in [0.5, 0.6) is 0 Å². The number of allylic oxidation sites excluding steroid dienone is 2. The van der Waals surface area contributed by atoms with Gasteiger partial charge in [0.1, 0.15) is 17.6 Å². The number of anilines is 2. The molecule has 0 spiro atoms. The van der Waals surface area contributed by atoms with E-state index in [0.29, 0.717) is 24.6 Å². The average molecular weight is 418 g/mol. The monoisotopic (exact) mass is 417 g/mol. The summed E-state index contributed by atoms with van der Waals surface area (Å²) in [5.74, 6) is 2.39. The third kappa shape index (κ3) is 3.34. The maximum atomic E-state index is 13.4. The van der Waals surface area contributed by atoms with Crippen LogP contribution in [0.2, 0.25) is 0 Å². The number of carbonyl (C=O) groups is 1. The molecule has 0 saturated carbocycles. The molecule has 160 valence electrons. The van der Waals surface area contributed by atoms with Gasteiger partial charge in [-0.3, -0.25) is 4.79 Å². The Morgan fingerprint density at radius 1 is 1.16 bits per heavy atom. The van der Waals surface area contributed by atoms with Crippen LogP contribution in [0, 0.1) is 6.92 Å². The molecule has 0 fully saturated rings. The molecule has 31 heavy (non-hydrogen) atoms. The average Bonchev–Trinajstić information content (AvgIpc) is 3.43. The van der Waals surface area contributed by atoms with Crippen LogP contribution in [0.15, 0.2) is 58.3 Å². The zero-order chi connectivity index (χ0) is 21.5. The van der Waals surface area contributed by atoms with Crippen molar-refractivity contribution >= 4 is 17.4 Å². The Balaban J connectivity index is 1.57. The number of Topliss-reactive ketones (excluding diaryl/α,β-unsaturated/α-hetero) is 1. The van der Waals surface area contributed by atoms with Gasteiger partial charge in [-0.15, -0.1) is 0 Å². The topological polar surface area (TPSA) is 76.2 Å². The van der Waals surface area contributed by atoms with Crippen LogP contribution in [0.4, 0.5) is 11.6 Å². The molecule has 0 saturated heterocycles. The number of carbonyl (C=O) groups excluding carboxylic acids is 1. The second-order valence-corrected chi connectivity index (χ2v) is 8.15. The van der Waals surface area contributed by atoms with Crippen LogP contribution in [-0.4, -0.2) is 33.6 Å². The summed E-state index contributed by atoms with van der Waals surface area (Å²) in [5.41, 5.74) is 3.94. The van der Waals surface area contributed by atoms with E-state index in [2.05, 4.69) is 58.4 Å². The van der Waals surface area contributed by atoms with Gasteiger partial charge in [0.05, 0.1) is 6.26 Å².